The second-order valence-electron chi connectivity index (χ2n) is 7.05. The lowest BCUT2D eigenvalue weighted by Gasteiger charge is -2.43. The number of hydrogen-bond acceptors (Lipinski definition) is 5. The van der Waals surface area contributed by atoms with Crippen LogP contribution in [0, 0.1) is 0 Å². The summed E-state index contributed by atoms with van der Waals surface area (Å²) >= 11 is 0. The summed E-state index contributed by atoms with van der Waals surface area (Å²) in [6.45, 7) is 10.1. The third kappa shape index (κ3) is 4.83. The van der Waals surface area contributed by atoms with Crippen molar-refractivity contribution in [1.29, 1.82) is 0 Å². The Morgan fingerprint density at radius 1 is 1.38 bits per heavy atom. The van der Waals surface area contributed by atoms with Gasteiger partial charge in [0.15, 0.2) is 0 Å². The summed E-state index contributed by atoms with van der Waals surface area (Å²) in [6.07, 6.45) is 2.13. The van der Waals surface area contributed by atoms with Crippen LogP contribution in [0.3, 0.4) is 0 Å². The van der Waals surface area contributed by atoms with Gasteiger partial charge < -0.3 is 15.2 Å². The van der Waals surface area contributed by atoms with E-state index in [2.05, 4.69) is 15.1 Å². The molecule has 0 spiro atoms. The molecule has 0 saturated carbocycles. The highest BCUT2D eigenvalue weighted by atomic mass is 16.6. The fourth-order valence-electron chi connectivity index (χ4n) is 3.21. The second kappa shape index (κ2) is 6.94. The zero-order valence-electron chi connectivity index (χ0n) is 13.5. The Morgan fingerprint density at radius 3 is 2.81 bits per heavy atom. The van der Waals surface area contributed by atoms with Gasteiger partial charge >= 0.3 is 6.09 Å². The molecular formula is C15H29N3O3. The quantitative estimate of drug-likeness (QED) is 0.798. The van der Waals surface area contributed by atoms with E-state index in [1.54, 1.807) is 0 Å². The minimum Gasteiger partial charge on any atom is -0.444 e. The number of carbonyl (C=O) groups is 1. The van der Waals surface area contributed by atoms with Crippen molar-refractivity contribution in [2.24, 2.45) is 0 Å². The molecule has 1 amide bonds. The molecule has 2 heterocycles. The second-order valence-corrected chi connectivity index (χ2v) is 7.05. The van der Waals surface area contributed by atoms with Gasteiger partial charge in [0, 0.05) is 38.3 Å². The molecule has 2 aliphatic rings. The van der Waals surface area contributed by atoms with Crippen molar-refractivity contribution in [1.82, 2.24) is 15.1 Å². The maximum atomic E-state index is 11.6. The molecule has 21 heavy (non-hydrogen) atoms. The fourth-order valence-corrected chi connectivity index (χ4v) is 3.21. The first kappa shape index (κ1) is 16.5. The summed E-state index contributed by atoms with van der Waals surface area (Å²) in [5, 5.41) is 12.4. The molecule has 0 bridgehead atoms. The highest BCUT2D eigenvalue weighted by Crippen LogP contribution is 2.24. The number of amides is 1. The minimum atomic E-state index is -0.465. The molecule has 2 aliphatic heterocycles. The number of alkyl carbamates (subject to hydrolysis) is 1. The molecule has 0 aromatic carbocycles. The maximum absolute atomic E-state index is 11.6. The van der Waals surface area contributed by atoms with Gasteiger partial charge in [-0.15, -0.1) is 0 Å². The van der Waals surface area contributed by atoms with Crippen LogP contribution in [0.5, 0.6) is 0 Å². The summed E-state index contributed by atoms with van der Waals surface area (Å²) in [5.41, 5.74) is -0.465. The van der Waals surface area contributed by atoms with Crippen LogP contribution in [-0.2, 0) is 4.74 Å². The molecule has 6 heteroatoms. The van der Waals surface area contributed by atoms with E-state index in [9.17, 15) is 9.90 Å². The largest absolute Gasteiger partial charge is 0.444 e. The molecule has 122 valence electrons. The molecule has 0 aliphatic carbocycles. The first-order valence-electron chi connectivity index (χ1n) is 7.95. The van der Waals surface area contributed by atoms with E-state index < -0.39 is 5.60 Å². The van der Waals surface area contributed by atoms with E-state index in [1.807, 2.05) is 20.8 Å². The number of rotatable bonds is 4. The van der Waals surface area contributed by atoms with Crippen LogP contribution in [0.15, 0.2) is 0 Å². The van der Waals surface area contributed by atoms with Crippen molar-refractivity contribution in [2.75, 3.05) is 39.3 Å². The van der Waals surface area contributed by atoms with Crippen LogP contribution in [0.4, 0.5) is 4.79 Å². The third-order valence-electron chi connectivity index (χ3n) is 4.18. The lowest BCUT2D eigenvalue weighted by atomic mass is 10.1. The van der Waals surface area contributed by atoms with Crippen LogP contribution < -0.4 is 5.32 Å². The Balaban J connectivity index is 1.75. The zero-order chi connectivity index (χ0) is 15.5. The Labute approximate surface area is 127 Å². The smallest absolute Gasteiger partial charge is 0.407 e. The molecule has 2 rings (SSSR count). The summed E-state index contributed by atoms with van der Waals surface area (Å²) in [4.78, 5) is 16.4. The van der Waals surface area contributed by atoms with E-state index in [-0.39, 0.29) is 18.7 Å². The van der Waals surface area contributed by atoms with Crippen LogP contribution in [0.25, 0.3) is 0 Å². The number of carbonyl (C=O) groups excluding carboxylic acids is 1. The number of hydrogen-bond donors (Lipinski definition) is 2. The van der Waals surface area contributed by atoms with E-state index in [0.717, 1.165) is 26.2 Å². The molecule has 2 N–H and O–H groups in total. The van der Waals surface area contributed by atoms with Crippen LogP contribution in [0.1, 0.15) is 33.6 Å². The van der Waals surface area contributed by atoms with Crippen molar-refractivity contribution in [3.05, 3.63) is 0 Å². The number of nitrogens with one attached hydrogen (secondary N) is 1. The third-order valence-corrected chi connectivity index (χ3v) is 4.18. The summed E-state index contributed by atoms with van der Waals surface area (Å²) in [6, 6.07) is 0.800. The fraction of sp³-hybridized carbons (Fsp3) is 0.933. The molecule has 2 saturated heterocycles. The molecule has 0 aromatic heterocycles. The van der Waals surface area contributed by atoms with Crippen molar-refractivity contribution >= 4 is 6.09 Å². The molecule has 2 atom stereocenters. The van der Waals surface area contributed by atoms with Gasteiger partial charge in [0.2, 0.25) is 0 Å². The molecule has 0 radical (unpaired) electrons. The number of piperazine rings is 1. The molecule has 2 fully saturated rings. The van der Waals surface area contributed by atoms with Crippen LogP contribution >= 0.6 is 0 Å². The number of fused-ring (bicyclic) bond motifs is 1. The van der Waals surface area contributed by atoms with Crippen molar-refractivity contribution < 1.29 is 14.6 Å². The van der Waals surface area contributed by atoms with Gasteiger partial charge in [-0.25, -0.2) is 4.79 Å². The first-order chi connectivity index (χ1) is 9.89. The van der Waals surface area contributed by atoms with Crippen LogP contribution in [-0.4, -0.2) is 78.0 Å². The number of aliphatic hydroxyl groups is 1. The number of aliphatic hydroxyl groups excluding tert-OH is 1. The predicted molar refractivity (Wildman–Crippen MR) is 81.3 cm³/mol. The van der Waals surface area contributed by atoms with E-state index >= 15 is 0 Å². The van der Waals surface area contributed by atoms with Gasteiger partial charge in [-0.2, -0.15) is 0 Å². The first-order valence-corrected chi connectivity index (χ1v) is 7.95. The molecular weight excluding hydrogens is 270 g/mol. The monoisotopic (exact) mass is 299 g/mol. The standard InChI is InChI=1S/C15H29N3O3/c1-15(2,3)21-14(20)16-6-8-18-9-12-5-4-7-17(12)10-13(18)11-19/h12-13,19H,4-11H2,1-3H3,(H,16,20)/t12-,13-/m1/s1. The Morgan fingerprint density at radius 2 is 2.14 bits per heavy atom. The molecule has 0 unspecified atom stereocenters. The van der Waals surface area contributed by atoms with Gasteiger partial charge in [0.25, 0.3) is 0 Å². The Hall–Kier alpha value is -0.850. The van der Waals surface area contributed by atoms with Gasteiger partial charge in [-0.05, 0) is 40.2 Å². The number of nitrogens with zero attached hydrogens (tertiary/aromatic N) is 2. The highest BCUT2D eigenvalue weighted by molar-refractivity contribution is 5.67. The van der Waals surface area contributed by atoms with E-state index in [0.29, 0.717) is 12.6 Å². The topological polar surface area (TPSA) is 65.0 Å². The molecule has 6 nitrogen and oxygen atoms in total. The van der Waals surface area contributed by atoms with Gasteiger partial charge in [-0.1, -0.05) is 0 Å². The highest BCUT2D eigenvalue weighted by Gasteiger charge is 2.35. The average molecular weight is 299 g/mol. The van der Waals surface area contributed by atoms with Gasteiger partial charge in [0.05, 0.1) is 6.61 Å². The normalized spacial score (nSPS) is 27.4. The summed E-state index contributed by atoms with van der Waals surface area (Å²) in [5.74, 6) is 0. The lowest BCUT2D eigenvalue weighted by Crippen LogP contribution is -2.58. The minimum absolute atomic E-state index is 0.176. The summed E-state index contributed by atoms with van der Waals surface area (Å²) < 4.78 is 5.22. The maximum Gasteiger partial charge on any atom is 0.407 e. The SMILES string of the molecule is CC(C)(C)OC(=O)NCCN1C[C@H]2CCCN2C[C@@H]1CO. The van der Waals surface area contributed by atoms with Crippen molar-refractivity contribution in [3.63, 3.8) is 0 Å². The average Bonchev–Trinajstić information content (AvgIpc) is 2.82. The zero-order valence-corrected chi connectivity index (χ0v) is 13.5. The van der Waals surface area contributed by atoms with Crippen LogP contribution in [0.2, 0.25) is 0 Å². The molecule has 0 aromatic rings. The van der Waals surface area contributed by atoms with Gasteiger partial charge in [0.1, 0.15) is 5.60 Å². The predicted octanol–water partition coefficient (Wildman–Crippen LogP) is 0.652. The summed E-state index contributed by atoms with van der Waals surface area (Å²) in [7, 11) is 0. The number of ether oxygens (including phenoxy) is 1. The lowest BCUT2D eigenvalue weighted by molar-refractivity contribution is 0.0209. The van der Waals surface area contributed by atoms with Crippen molar-refractivity contribution in [2.45, 2.75) is 51.3 Å². The van der Waals surface area contributed by atoms with E-state index in [1.165, 1.54) is 12.8 Å². The Bertz CT molecular complexity index is 357. The van der Waals surface area contributed by atoms with Gasteiger partial charge in [-0.3, -0.25) is 9.80 Å². The Kier molecular flexibility index (Phi) is 5.46. The van der Waals surface area contributed by atoms with Crippen molar-refractivity contribution in [3.8, 4) is 0 Å². The van der Waals surface area contributed by atoms with E-state index in [4.69, 9.17) is 4.74 Å².